The minimum absolute atomic E-state index is 0.0166. The molecule has 2 aliphatic heterocycles. The van der Waals surface area contributed by atoms with Crippen LogP contribution >= 0.6 is 0 Å². The Balaban J connectivity index is 1.48. The molecule has 33 heavy (non-hydrogen) atoms. The Bertz CT molecular complexity index is 1240. The summed E-state index contributed by atoms with van der Waals surface area (Å²) >= 11 is 0. The molecule has 3 aromatic carbocycles. The number of hydrogen-bond acceptors (Lipinski definition) is 3. The number of likely N-dealkylation sites (tertiary alicyclic amines) is 1. The summed E-state index contributed by atoms with van der Waals surface area (Å²) in [5, 5.41) is 2.15. The van der Waals surface area contributed by atoms with E-state index in [1.807, 2.05) is 47.2 Å². The van der Waals surface area contributed by atoms with Gasteiger partial charge < -0.3 is 14.5 Å². The monoisotopic (exact) mass is 442 g/mol. The largest absolute Gasteiger partial charge is 0.497 e. The van der Waals surface area contributed by atoms with Gasteiger partial charge in [0, 0.05) is 31.7 Å². The molecule has 2 aliphatic rings. The van der Waals surface area contributed by atoms with Crippen LogP contribution in [-0.4, -0.2) is 54.9 Å². The Labute approximate surface area is 194 Å². The lowest BCUT2D eigenvalue weighted by molar-refractivity contribution is -0.134. The molecule has 0 aliphatic carbocycles. The zero-order chi connectivity index (χ0) is 23.1. The Kier molecular flexibility index (Phi) is 5.57. The van der Waals surface area contributed by atoms with E-state index in [-0.39, 0.29) is 23.8 Å². The topological polar surface area (TPSA) is 49.9 Å². The van der Waals surface area contributed by atoms with Gasteiger partial charge in [0.1, 0.15) is 5.75 Å². The molecular formula is C28H30N2O3. The molecule has 170 valence electrons. The lowest BCUT2D eigenvalue weighted by Gasteiger charge is -2.29. The molecule has 0 unspecified atom stereocenters. The number of ether oxygens (including phenoxy) is 1. The maximum absolute atomic E-state index is 13.5. The molecule has 2 bridgehead atoms. The molecule has 2 atom stereocenters. The molecule has 2 fully saturated rings. The number of methoxy groups -OCH3 is 1. The first-order valence-electron chi connectivity index (χ1n) is 11.7. The van der Waals surface area contributed by atoms with Crippen molar-refractivity contribution in [3.63, 3.8) is 0 Å². The molecule has 0 saturated carbocycles. The number of fused-ring (bicyclic) bond motifs is 4. The normalized spacial score (nSPS) is 20.6. The molecule has 0 N–H and O–H groups in total. The lowest BCUT2D eigenvalue weighted by atomic mass is 9.93. The van der Waals surface area contributed by atoms with Crippen molar-refractivity contribution in [1.29, 1.82) is 0 Å². The Morgan fingerprint density at radius 3 is 2.64 bits per heavy atom. The highest BCUT2D eigenvalue weighted by Crippen LogP contribution is 2.34. The molecule has 0 aromatic heterocycles. The van der Waals surface area contributed by atoms with Crippen LogP contribution in [0, 0.1) is 12.8 Å². The average molecular weight is 443 g/mol. The summed E-state index contributed by atoms with van der Waals surface area (Å²) in [4.78, 5) is 30.0. The number of nitrogens with zero attached hydrogens (tertiary/aromatic N) is 2. The minimum atomic E-state index is -0.0865. The number of hydrogen-bond donors (Lipinski definition) is 0. The molecule has 0 spiro atoms. The van der Waals surface area contributed by atoms with Crippen molar-refractivity contribution in [2.24, 2.45) is 5.92 Å². The van der Waals surface area contributed by atoms with Crippen LogP contribution in [0.2, 0.25) is 0 Å². The molecule has 0 radical (unpaired) electrons. The number of carbonyl (C=O) groups is 2. The van der Waals surface area contributed by atoms with Gasteiger partial charge in [0.25, 0.3) is 5.91 Å². The number of amides is 2. The molecule has 2 heterocycles. The van der Waals surface area contributed by atoms with Crippen molar-refractivity contribution in [2.75, 3.05) is 27.2 Å². The van der Waals surface area contributed by atoms with E-state index in [0.717, 1.165) is 52.5 Å². The predicted molar refractivity (Wildman–Crippen MR) is 130 cm³/mol. The quantitative estimate of drug-likeness (QED) is 0.579. The predicted octanol–water partition coefficient (Wildman–Crippen LogP) is 4.91. The van der Waals surface area contributed by atoms with Gasteiger partial charge in [-0.05, 0) is 71.5 Å². The van der Waals surface area contributed by atoms with E-state index in [1.165, 1.54) is 0 Å². The van der Waals surface area contributed by atoms with Gasteiger partial charge in [-0.25, -0.2) is 0 Å². The van der Waals surface area contributed by atoms with E-state index < -0.39 is 0 Å². The smallest absolute Gasteiger partial charge is 0.253 e. The van der Waals surface area contributed by atoms with E-state index in [9.17, 15) is 9.59 Å². The Morgan fingerprint density at radius 2 is 1.85 bits per heavy atom. The maximum Gasteiger partial charge on any atom is 0.253 e. The summed E-state index contributed by atoms with van der Waals surface area (Å²) in [6, 6.07) is 18.4. The summed E-state index contributed by atoms with van der Waals surface area (Å²) in [5.74, 6) is 0.959. The summed E-state index contributed by atoms with van der Waals surface area (Å²) in [6.07, 6.45) is 2.88. The van der Waals surface area contributed by atoms with Crippen LogP contribution < -0.4 is 4.74 Å². The minimum Gasteiger partial charge on any atom is -0.497 e. The Morgan fingerprint density at radius 1 is 1.00 bits per heavy atom. The summed E-state index contributed by atoms with van der Waals surface area (Å²) in [7, 11) is 3.56. The highest BCUT2D eigenvalue weighted by atomic mass is 16.5. The fourth-order valence-corrected chi connectivity index (χ4v) is 5.43. The van der Waals surface area contributed by atoms with Crippen molar-refractivity contribution in [3.05, 3.63) is 65.7 Å². The first kappa shape index (κ1) is 21.5. The fourth-order valence-electron chi connectivity index (χ4n) is 5.43. The number of likely N-dealkylation sites (N-methyl/N-ethyl adjacent to an activating group) is 1. The second-order valence-electron chi connectivity index (χ2n) is 9.36. The van der Waals surface area contributed by atoms with Gasteiger partial charge >= 0.3 is 0 Å². The van der Waals surface area contributed by atoms with Crippen molar-refractivity contribution in [1.82, 2.24) is 9.80 Å². The third kappa shape index (κ3) is 3.86. The molecule has 2 amide bonds. The maximum atomic E-state index is 13.5. The number of carbonyl (C=O) groups excluding carboxylic acids is 2. The van der Waals surface area contributed by atoms with Crippen LogP contribution in [0.3, 0.4) is 0 Å². The van der Waals surface area contributed by atoms with E-state index >= 15 is 0 Å². The van der Waals surface area contributed by atoms with Crippen molar-refractivity contribution < 1.29 is 14.3 Å². The molecule has 2 saturated heterocycles. The van der Waals surface area contributed by atoms with E-state index in [2.05, 4.69) is 31.2 Å². The third-order valence-electron chi connectivity index (χ3n) is 7.34. The van der Waals surface area contributed by atoms with Crippen LogP contribution in [0.5, 0.6) is 5.75 Å². The first-order chi connectivity index (χ1) is 16.0. The number of rotatable bonds is 3. The highest BCUT2D eigenvalue weighted by molar-refractivity contribution is 6.03. The summed E-state index contributed by atoms with van der Waals surface area (Å²) in [5.41, 5.74) is 4.12. The molecule has 5 nitrogen and oxygen atoms in total. The summed E-state index contributed by atoms with van der Waals surface area (Å²) in [6.45, 7) is 3.21. The van der Waals surface area contributed by atoms with Gasteiger partial charge in [-0.3, -0.25) is 9.59 Å². The zero-order valence-corrected chi connectivity index (χ0v) is 19.5. The highest BCUT2D eigenvalue weighted by Gasteiger charge is 2.38. The number of aryl methyl sites for hydroxylation is 1. The van der Waals surface area contributed by atoms with Crippen LogP contribution in [0.15, 0.2) is 54.6 Å². The van der Waals surface area contributed by atoms with Gasteiger partial charge in [0.2, 0.25) is 5.91 Å². The molecule has 3 aromatic rings. The van der Waals surface area contributed by atoms with Crippen molar-refractivity contribution >= 4 is 22.6 Å². The van der Waals surface area contributed by atoms with Crippen LogP contribution in [0.4, 0.5) is 0 Å². The lowest BCUT2D eigenvalue weighted by Crippen LogP contribution is -2.42. The summed E-state index contributed by atoms with van der Waals surface area (Å²) < 4.78 is 5.36. The van der Waals surface area contributed by atoms with Gasteiger partial charge in [0.15, 0.2) is 0 Å². The van der Waals surface area contributed by atoms with E-state index in [1.54, 1.807) is 7.11 Å². The first-order valence-corrected chi connectivity index (χ1v) is 11.7. The second-order valence-corrected chi connectivity index (χ2v) is 9.36. The van der Waals surface area contributed by atoms with E-state index in [0.29, 0.717) is 18.7 Å². The van der Waals surface area contributed by atoms with Crippen LogP contribution in [-0.2, 0) is 4.79 Å². The molecular weight excluding hydrogens is 412 g/mol. The van der Waals surface area contributed by atoms with Crippen LogP contribution in [0.25, 0.3) is 21.9 Å². The van der Waals surface area contributed by atoms with Crippen LogP contribution in [0.1, 0.15) is 35.2 Å². The molecule has 5 rings (SSSR count). The van der Waals surface area contributed by atoms with Crippen molar-refractivity contribution in [2.45, 2.75) is 32.2 Å². The zero-order valence-electron chi connectivity index (χ0n) is 19.5. The van der Waals surface area contributed by atoms with Gasteiger partial charge in [0.05, 0.1) is 13.0 Å². The standard InChI is InChI=1S/C28H30N2O3/c1-18-14-23(33-3)11-13-24(18)26-9-5-6-19-15-20(10-12-25(19)26)28(32)30-16-21-7-4-8-22(17-30)29(2)27(21)31/h5-6,9-15,21-22H,4,7-8,16-17H2,1-3H3/t21-,22+/m1/s1. The van der Waals surface area contributed by atoms with Gasteiger partial charge in [-0.1, -0.05) is 36.8 Å². The average Bonchev–Trinajstić information content (AvgIpc) is 3.02. The third-order valence-corrected chi connectivity index (χ3v) is 7.34. The fraction of sp³-hybridized carbons (Fsp3) is 0.357. The SMILES string of the molecule is COc1ccc(-c2cccc3cc(C(=O)N4C[C@H]5CCC[C@@H](C4)N(C)C5=O)ccc23)c(C)c1. The second kappa shape index (κ2) is 8.54. The molecule has 5 heteroatoms. The Hall–Kier alpha value is -3.34. The number of benzene rings is 3. The van der Waals surface area contributed by atoms with Gasteiger partial charge in [-0.15, -0.1) is 0 Å². The van der Waals surface area contributed by atoms with Crippen molar-refractivity contribution in [3.8, 4) is 16.9 Å². The van der Waals surface area contributed by atoms with E-state index in [4.69, 9.17) is 4.74 Å². The van der Waals surface area contributed by atoms with Gasteiger partial charge in [-0.2, -0.15) is 0 Å².